The van der Waals surface area contributed by atoms with Gasteiger partial charge in [0.2, 0.25) is 0 Å². The van der Waals surface area contributed by atoms with E-state index in [0.29, 0.717) is 0 Å². The molecule has 0 spiro atoms. The summed E-state index contributed by atoms with van der Waals surface area (Å²) in [7, 11) is 0. The van der Waals surface area contributed by atoms with Gasteiger partial charge in [0.05, 0.1) is 17.3 Å². The third-order valence-corrected chi connectivity index (χ3v) is 6.14. The van der Waals surface area contributed by atoms with E-state index in [-0.39, 0.29) is 10.8 Å². The molecule has 0 atom stereocenters. The van der Waals surface area contributed by atoms with E-state index in [1.54, 1.807) is 12.4 Å². The zero-order valence-electron chi connectivity index (χ0n) is 23.7. The van der Waals surface area contributed by atoms with E-state index < -0.39 is 0 Å². The molecule has 0 saturated heterocycles. The van der Waals surface area contributed by atoms with E-state index in [2.05, 4.69) is 93.3 Å². The number of aromatic nitrogens is 3. The molecule has 38 heavy (non-hydrogen) atoms. The van der Waals surface area contributed by atoms with Crippen LogP contribution in [0.2, 0.25) is 0 Å². The van der Waals surface area contributed by atoms with Gasteiger partial charge in [-0.15, -0.1) is 13.2 Å². The molecule has 0 radical (unpaired) electrons. The van der Waals surface area contributed by atoms with Crippen molar-refractivity contribution in [2.24, 2.45) is 16.6 Å². The molecule has 0 aliphatic heterocycles. The Hall–Kier alpha value is -3.99. The number of hydrogen-bond donors (Lipinski definition) is 4. The summed E-state index contributed by atoms with van der Waals surface area (Å²) in [5, 5.41) is 15.9. The van der Waals surface area contributed by atoms with Crippen LogP contribution in [0.4, 0.5) is 0 Å². The highest BCUT2D eigenvalue weighted by Crippen LogP contribution is 2.37. The number of nitrogens with two attached hydrogens (primary N) is 1. The Morgan fingerprint density at radius 1 is 0.921 bits per heavy atom. The molecule has 0 aliphatic rings. The summed E-state index contributed by atoms with van der Waals surface area (Å²) in [6.07, 6.45) is 19.7. The quantitative estimate of drug-likeness (QED) is 0.124. The van der Waals surface area contributed by atoms with Gasteiger partial charge in [0.15, 0.2) is 0 Å². The number of hydrogen-bond acceptors (Lipinski definition) is 3. The number of nitrogens with one attached hydrogen (secondary N) is 2. The second-order valence-corrected chi connectivity index (χ2v) is 10.1. The number of pyridine rings is 1. The summed E-state index contributed by atoms with van der Waals surface area (Å²) in [6, 6.07) is 14.0. The minimum Gasteiger partial charge on any atom is -0.515 e. The first-order valence-corrected chi connectivity index (χ1v) is 13.0. The number of aliphatic hydroxyl groups excluding tert-OH is 1. The molecular weight excluding hydrogens is 468 g/mol. The van der Waals surface area contributed by atoms with E-state index in [1.807, 2.05) is 48.5 Å². The highest BCUT2D eigenvalue weighted by Gasteiger charge is 2.27. The van der Waals surface area contributed by atoms with Crippen molar-refractivity contribution in [3.63, 3.8) is 0 Å². The maximum Gasteiger partial charge on any atom is 0.0829 e. The normalized spacial score (nSPS) is 13.1. The van der Waals surface area contributed by atoms with Crippen LogP contribution in [-0.4, -0.2) is 20.3 Å². The maximum absolute atomic E-state index is 9.99. The molecule has 3 rings (SSSR count). The Balaban J connectivity index is 0.000000594. The fraction of sp³-hybridized carbons (Fsp3) is 0.303. The topological polar surface area (TPSA) is 90.7 Å². The molecule has 0 fully saturated rings. The van der Waals surface area contributed by atoms with Crippen LogP contribution in [-0.2, 0) is 6.42 Å². The summed E-state index contributed by atoms with van der Waals surface area (Å²) in [4.78, 5) is 4.43. The van der Waals surface area contributed by atoms with Gasteiger partial charge in [0, 0.05) is 11.9 Å². The van der Waals surface area contributed by atoms with Crippen LogP contribution in [0.3, 0.4) is 0 Å². The summed E-state index contributed by atoms with van der Waals surface area (Å²) in [6.45, 7) is 16.7. The summed E-state index contributed by atoms with van der Waals surface area (Å²) in [5.41, 5.74) is 10.6. The van der Waals surface area contributed by atoms with Crippen molar-refractivity contribution in [2.75, 3.05) is 0 Å². The number of allylic oxidation sites excluding steroid dienone is 8. The molecule has 1 aromatic carbocycles. The molecule has 5 nitrogen and oxygen atoms in total. The van der Waals surface area contributed by atoms with Crippen molar-refractivity contribution in [1.29, 1.82) is 0 Å². The molecule has 2 aromatic heterocycles. The zero-order chi connectivity index (χ0) is 28.4. The lowest BCUT2D eigenvalue weighted by molar-refractivity contribution is 0.401. The van der Waals surface area contributed by atoms with Crippen LogP contribution in [0.1, 0.15) is 53.2 Å². The Labute approximate surface area is 229 Å². The first-order valence-electron chi connectivity index (χ1n) is 13.0. The lowest BCUT2D eigenvalue weighted by atomic mass is 9.75. The largest absolute Gasteiger partial charge is 0.515 e. The molecule has 0 bridgehead atoms. The average Bonchev–Trinajstić information content (AvgIpc) is 2.89. The lowest BCUT2D eigenvalue weighted by Crippen LogP contribution is -2.20. The second-order valence-electron chi connectivity index (χ2n) is 10.1. The first kappa shape index (κ1) is 32.0. The van der Waals surface area contributed by atoms with Crippen LogP contribution < -0.4 is 5.73 Å². The van der Waals surface area contributed by atoms with Crippen molar-refractivity contribution in [1.82, 2.24) is 15.2 Å². The van der Waals surface area contributed by atoms with Crippen molar-refractivity contribution in [3.05, 3.63) is 128 Å². The van der Waals surface area contributed by atoms with Gasteiger partial charge >= 0.3 is 0 Å². The Bertz CT molecular complexity index is 1170. The smallest absolute Gasteiger partial charge is 0.0829 e. The molecule has 0 unspecified atom stereocenters. The number of benzene rings is 1. The van der Waals surface area contributed by atoms with Gasteiger partial charge in [-0.2, -0.15) is 0 Å². The fourth-order valence-corrected chi connectivity index (χ4v) is 3.75. The van der Waals surface area contributed by atoms with Crippen LogP contribution in [0, 0.1) is 10.8 Å². The average molecular weight is 515 g/mol. The van der Waals surface area contributed by atoms with Crippen LogP contribution in [0.5, 0.6) is 0 Å². The molecule has 0 saturated carbocycles. The summed E-state index contributed by atoms with van der Waals surface area (Å²) in [5.74, 6) is 0. The van der Waals surface area contributed by atoms with Crippen molar-refractivity contribution < 1.29 is 5.11 Å². The number of aliphatic hydroxyl groups is 1. The van der Waals surface area contributed by atoms with Crippen LogP contribution in [0.15, 0.2) is 122 Å². The number of nitrogens with zero attached hydrogens (tertiary/aromatic N) is 1. The lowest BCUT2D eigenvalue weighted by Gasteiger charge is -2.29. The Morgan fingerprint density at radius 3 is 2.00 bits per heavy atom. The van der Waals surface area contributed by atoms with Crippen molar-refractivity contribution in [2.45, 2.75) is 53.9 Å². The van der Waals surface area contributed by atoms with Gasteiger partial charge < -0.3 is 10.8 Å². The van der Waals surface area contributed by atoms with E-state index in [9.17, 15) is 5.11 Å². The fourth-order valence-electron chi connectivity index (χ4n) is 3.75. The Morgan fingerprint density at radius 2 is 1.53 bits per heavy atom. The minimum absolute atomic E-state index is 0.123. The molecule has 5 N–H and O–H groups in total. The van der Waals surface area contributed by atoms with E-state index in [1.165, 1.54) is 17.3 Å². The molecule has 2 heterocycles. The summed E-state index contributed by atoms with van der Waals surface area (Å²) >= 11 is 0. The SMILES string of the molecule is C=C.CC/C=C\C=C/CC(C)(C)C(/C=C/N)=C/C(=C/O)C(C)(C)Cc1ccccn1.c1ccc2[nH][nH]c2c1. The molecular formula is C33H46N4O. The number of aromatic amines is 2. The number of para-hydroxylation sites is 2. The van der Waals surface area contributed by atoms with Gasteiger partial charge in [-0.3, -0.25) is 15.2 Å². The van der Waals surface area contributed by atoms with Crippen LogP contribution >= 0.6 is 0 Å². The monoisotopic (exact) mass is 514 g/mol. The number of fused-ring (bicyclic) bond motifs is 1. The van der Waals surface area contributed by atoms with Crippen molar-refractivity contribution >= 4 is 11.0 Å². The molecule has 3 aromatic rings. The molecule has 0 amide bonds. The highest BCUT2D eigenvalue weighted by atomic mass is 16.2. The molecule has 0 aliphatic carbocycles. The van der Waals surface area contributed by atoms with E-state index in [4.69, 9.17) is 5.73 Å². The minimum atomic E-state index is -0.271. The number of rotatable bonds is 10. The van der Waals surface area contributed by atoms with Gasteiger partial charge in [-0.1, -0.05) is 83.2 Å². The number of H-pyrrole nitrogens is 2. The van der Waals surface area contributed by atoms with Gasteiger partial charge in [0.25, 0.3) is 0 Å². The third-order valence-electron chi connectivity index (χ3n) is 6.14. The second kappa shape index (κ2) is 16.7. The predicted molar refractivity (Wildman–Crippen MR) is 165 cm³/mol. The zero-order valence-corrected chi connectivity index (χ0v) is 23.7. The van der Waals surface area contributed by atoms with Gasteiger partial charge in [-0.05, 0) is 77.8 Å². The van der Waals surface area contributed by atoms with Crippen LogP contribution in [0.25, 0.3) is 11.0 Å². The maximum atomic E-state index is 9.99. The molecule has 5 heteroatoms. The Kier molecular flexibility index (Phi) is 14.1. The summed E-state index contributed by atoms with van der Waals surface area (Å²) < 4.78 is 0. The third kappa shape index (κ3) is 10.6. The first-order chi connectivity index (χ1) is 18.2. The standard InChI is InChI=1S/C25H36N2O.C6H6N2.C2H4/c1-6-7-8-9-11-15-24(2,3)21(14-16-26)18-22(20-28)25(4,5)19-23-13-10-12-17-27-23;1-2-4-6-5(3-1)7-8-6;1-2/h7-14,16-18,20,28H,6,15,19,26H2,1-5H3;1-4,7-8H;1-2H2/b8-7-,11-9-,16-14+,21-18+,22-20-;;. The van der Waals surface area contributed by atoms with Crippen molar-refractivity contribution in [3.8, 4) is 0 Å². The predicted octanol–water partition coefficient (Wildman–Crippen LogP) is 8.73. The van der Waals surface area contributed by atoms with E-state index in [0.717, 1.165) is 36.1 Å². The van der Waals surface area contributed by atoms with Gasteiger partial charge in [0.1, 0.15) is 0 Å². The molecule has 204 valence electrons. The highest BCUT2D eigenvalue weighted by molar-refractivity contribution is 5.75. The van der Waals surface area contributed by atoms with E-state index >= 15 is 0 Å². The van der Waals surface area contributed by atoms with Gasteiger partial charge in [-0.25, -0.2) is 0 Å².